The van der Waals surface area contributed by atoms with Crippen molar-refractivity contribution >= 4 is 41.7 Å². The van der Waals surface area contributed by atoms with Gasteiger partial charge in [-0.05, 0) is 26.0 Å². The zero-order valence-corrected chi connectivity index (χ0v) is 15.4. The number of carbonyl (C=O) groups is 1. The molecule has 1 amide bonds. The minimum absolute atomic E-state index is 0. The Bertz CT molecular complexity index is 504. The van der Waals surface area contributed by atoms with E-state index in [1.54, 1.807) is 12.1 Å². The zero-order chi connectivity index (χ0) is 15.5. The van der Waals surface area contributed by atoms with E-state index in [4.69, 9.17) is 0 Å². The summed E-state index contributed by atoms with van der Waals surface area (Å²) in [4.78, 5) is 20.3. The van der Waals surface area contributed by atoms with Crippen LogP contribution in [0.25, 0.3) is 0 Å². The number of anilines is 1. The van der Waals surface area contributed by atoms with Gasteiger partial charge in [-0.25, -0.2) is 4.98 Å². The van der Waals surface area contributed by atoms with Gasteiger partial charge in [0.15, 0.2) is 5.96 Å². The normalized spacial score (nSPS) is 10.4. The largest absolute Gasteiger partial charge is 0.357 e. The Hall–Kier alpha value is -1.64. The van der Waals surface area contributed by atoms with Crippen molar-refractivity contribution in [1.82, 2.24) is 15.6 Å². The van der Waals surface area contributed by atoms with E-state index in [9.17, 15) is 4.79 Å². The number of nitrogens with zero attached hydrogens (tertiary/aromatic N) is 2. The van der Waals surface area contributed by atoms with Crippen molar-refractivity contribution in [1.29, 1.82) is 0 Å². The standard InChI is InChI=1S/C15H23N5O.HI/c1-4-10-17-15(16-5-2)18-11-9-14(21)20-13-8-6-7-12(3)19-13;/h4,6-8H,1,5,9-11H2,2-3H3,(H2,16,17,18)(H,19,20,21);1H. The van der Waals surface area contributed by atoms with Gasteiger partial charge in [-0.2, -0.15) is 0 Å². The minimum atomic E-state index is -0.101. The van der Waals surface area contributed by atoms with Gasteiger partial charge in [0.1, 0.15) is 5.82 Å². The van der Waals surface area contributed by atoms with E-state index in [-0.39, 0.29) is 29.9 Å². The zero-order valence-electron chi connectivity index (χ0n) is 13.1. The summed E-state index contributed by atoms with van der Waals surface area (Å²) in [5, 5.41) is 8.93. The molecule has 0 saturated heterocycles. The molecular formula is C15H24IN5O. The van der Waals surface area contributed by atoms with Gasteiger partial charge >= 0.3 is 0 Å². The van der Waals surface area contributed by atoms with Gasteiger partial charge in [-0.1, -0.05) is 12.1 Å². The summed E-state index contributed by atoms with van der Waals surface area (Å²) in [7, 11) is 0. The number of hydrogen-bond donors (Lipinski definition) is 3. The highest BCUT2D eigenvalue weighted by molar-refractivity contribution is 14.0. The lowest BCUT2D eigenvalue weighted by Gasteiger charge is -2.09. The maximum absolute atomic E-state index is 11.8. The van der Waals surface area contributed by atoms with Crippen LogP contribution in [0.1, 0.15) is 19.0 Å². The van der Waals surface area contributed by atoms with Gasteiger partial charge in [0, 0.05) is 25.2 Å². The molecule has 7 heteroatoms. The van der Waals surface area contributed by atoms with Crippen LogP contribution in [0.2, 0.25) is 0 Å². The maximum atomic E-state index is 11.8. The third-order valence-electron chi connectivity index (χ3n) is 2.52. The van der Waals surface area contributed by atoms with Crippen LogP contribution in [0.3, 0.4) is 0 Å². The number of carbonyl (C=O) groups excluding carboxylic acids is 1. The minimum Gasteiger partial charge on any atom is -0.357 e. The monoisotopic (exact) mass is 417 g/mol. The lowest BCUT2D eigenvalue weighted by molar-refractivity contribution is -0.116. The molecule has 0 fully saturated rings. The quantitative estimate of drug-likeness (QED) is 0.275. The number of aryl methyl sites for hydroxylation is 1. The van der Waals surface area contributed by atoms with Crippen molar-refractivity contribution < 1.29 is 4.79 Å². The molecular weight excluding hydrogens is 393 g/mol. The van der Waals surface area contributed by atoms with Crippen LogP contribution in [0, 0.1) is 6.92 Å². The van der Waals surface area contributed by atoms with Crippen LogP contribution in [-0.4, -0.2) is 36.5 Å². The number of guanidine groups is 1. The molecule has 0 atom stereocenters. The van der Waals surface area contributed by atoms with Crippen LogP contribution < -0.4 is 16.0 Å². The highest BCUT2D eigenvalue weighted by Gasteiger charge is 2.03. The second-order valence-electron chi connectivity index (χ2n) is 4.39. The van der Waals surface area contributed by atoms with Crippen molar-refractivity contribution in [3.63, 3.8) is 0 Å². The van der Waals surface area contributed by atoms with Crippen molar-refractivity contribution in [2.24, 2.45) is 4.99 Å². The molecule has 1 aromatic rings. The van der Waals surface area contributed by atoms with Gasteiger partial charge < -0.3 is 16.0 Å². The number of nitrogens with one attached hydrogen (secondary N) is 3. The second kappa shape index (κ2) is 12.0. The highest BCUT2D eigenvalue weighted by atomic mass is 127. The molecule has 0 bridgehead atoms. The van der Waals surface area contributed by atoms with Crippen LogP contribution in [0.5, 0.6) is 0 Å². The first-order valence-electron chi connectivity index (χ1n) is 7.02. The van der Waals surface area contributed by atoms with E-state index in [1.165, 1.54) is 0 Å². The Morgan fingerprint density at radius 2 is 2.18 bits per heavy atom. The molecule has 0 aliphatic heterocycles. The second-order valence-corrected chi connectivity index (χ2v) is 4.39. The Morgan fingerprint density at radius 3 is 2.82 bits per heavy atom. The van der Waals surface area contributed by atoms with E-state index in [0.29, 0.717) is 31.3 Å². The van der Waals surface area contributed by atoms with Crippen molar-refractivity contribution in [3.05, 3.63) is 36.5 Å². The molecule has 6 nitrogen and oxygen atoms in total. The topological polar surface area (TPSA) is 78.4 Å². The van der Waals surface area contributed by atoms with E-state index in [2.05, 4.69) is 32.5 Å². The fourth-order valence-corrected chi connectivity index (χ4v) is 1.60. The van der Waals surface area contributed by atoms with Crippen LogP contribution in [-0.2, 0) is 4.79 Å². The average Bonchev–Trinajstić information content (AvgIpc) is 2.44. The van der Waals surface area contributed by atoms with Crippen molar-refractivity contribution in [3.8, 4) is 0 Å². The van der Waals surface area contributed by atoms with E-state index in [1.807, 2.05) is 26.0 Å². The van der Waals surface area contributed by atoms with Crippen molar-refractivity contribution in [2.45, 2.75) is 20.3 Å². The van der Waals surface area contributed by atoms with Gasteiger partial charge in [-0.3, -0.25) is 9.79 Å². The summed E-state index contributed by atoms with van der Waals surface area (Å²) in [5.74, 6) is 1.15. The summed E-state index contributed by atoms with van der Waals surface area (Å²) in [6, 6.07) is 5.51. The third kappa shape index (κ3) is 8.60. The van der Waals surface area contributed by atoms with Crippen LogP contribution in [0.4, 0.5) is 5.82 Å². The summed E-state index contributed by atoms with van der Waals surface area (Å²) in [5.41, 5.74) is 0.869. The lowest BCUT2D eigenvalue weighted by Crippen LogP contribution is -2.37. The smallest absolute Gasteiger partial charge is 0.227 e. The van der Waals surface area contributed by atoms with Gasteiger partial charge in [0.25, 0.3) is 0 Å². The fourth-order valence-electron chi connectivity index (χ4n) is 1.60. The molecule has 0 aliphatic rings. The van der Waals surface area contributed by atoms with E-state index < -0.39 is 0 Å². The Kier molecular flexibility index (Phi) is 11.1. The van der Waals surface area contributed by atoms with Gasteiger partial charge in [0.05, 0.1) is 6.54 Å². The van der Waals surface area contributed by atoms with Crippen LogP contribution in [0.15, 0.2) is 35.8 Å². The molecule has 0 unspecified atom stereocenters. The van der Waals surface area contributed by atoms with Crippen molar-refractivity contribution in [2.75, 3.05) is 25.0 Å². The molecule has 1 aromatic heterocycles. The predicted octanol–water partition coefficient (Wildman–Crippen LogP) is 2.08. The van der Waals surface area contributed by atoms with Gasteiger partial charge in [0.2, 0.25) is 5.91 Å². The number of amides is 1. The lowest BCUT2D eigenvalue weighted by atomic mass is 10.3. The molecule has 0 radical (unpaired) electrons. The number of rotatable bonds is 7. The third-order valence-corrected chi connectivity index (χ3v) is 2.52. The summed E-state index contributed by atoms with van der Waals surface area (Å²) in [6.45, 7) is 9.31. The average molecular weight is 417 g/mol. The highest BCUT2D eigenvalue weighted by Crippen LogP contribution is 2.04. The summed E-state index contributed by atoms with van der Waals surface area (Å²) in [6.07, 6.45) is 2.06. The maximum Gasteiger partial charge on any atom is 0.227 e. The summed E-state index contributed by atoms with van der Waals surface area (Å²) >= 11 is 0. The molecule has 0 spiro atoms. The first-order chi connectivity index (χ1) is 10.2. The Morgan fingerprint density at radius 1 is 1.41 bits per heavy atom. The molecule has 22 heavy (non-hydrogen) atoms. The molecule has 1 heterocycles. The molecule has 0 saturated carbocycles. The van der Waals surface area contributed by atoms with Gasteiger partial charge in [-0.15, -0.1) is 30.6 Å². The van der Waals surface area contributed by atoms with E-state index >= 15 is 0 Å². The molecule has 0 aliphatic carbocycles. The molecule has 1 rings (SSSR count). The Labute approximate surface area is 148 Å². The molecule has 3 N–H and O–H groups in total. The number of halogens is 1. The predicted molar refractivity (Wildman–Crippen MR) is 102 cm³/mol. The SMILES string of the molecule is C=CCNC(=NCCC(=O)Nc1cccc(C)n1)NCC.I. The summed E-state index contributed by atoms with van der Waals surface area (Å²) < 4.78 is 0. The number of pyridine rings is 1. The first kappa shape index (κ1) is 20.4. The van der Waals surface area contributed by atoms with E-state index in [0.717, 1.165) is 12.2 Å². The molecule has 0 aromatic carbocycles. The molecule has 122 valence electrons. The first-order valence-corrected chi connectivity index (χ1v) is 7.02. The van der Waals surface area contributed by atoms with Crippen LogP contribution >= 0.6 is 24.0 Å². The number of hydrogen-bond acceptors (Lipinski definition) is 3. The Balaban J connectivity index is 0.00000441. The number of aromatic nitrogens is 1. The fraction of sp³-hybridized carbons (Fsp3) is 0.400. The number of aliphatic imine (C=N–C) groups is 1.